The Hall–Kier alpha value is -2.29. The van der Waals surface area contributed by atoms with Gasteiger partial charge in [-0.15, -0.1) is 0 Å². The van der Waals surface area contributed by atoms with Crippen LogP contribution in [0.15, 0.2) is 54.6 Å². The first-order chi connectivity index (χ1) is 10.8. The van der Waals surface area contributed by atoms with Crippen LogP contribution in [-0.4, -0.2) is 25.5 Å². The molecule has 22 heavy (non-hydrogen) atoms. The van der Waals surface area contributed by atoms with Gasteiger partial charge in [0.1, 0.15) is 0 Å². The number of rotatable bonds is 4. The lowest BCUT2D eigenvalue weighted by Gasteiger charge is -2.23. The standard InChI is InChI=1S/C19H22N2O/c1-2-21(17-10-4-3-5-11-17)19(22)16-9-8-12-18(15-16)20-13-6-7-14-20/h3-5,8-12,15H,2,6-7,13-14H2,1H3. The van der Waals surface area contributed by atoms with Crippen molar-refractivity contribution in [3.63, 3.8) is 0 Å². The normalized spacial score (nSPS) is 14.1. The fourth-order valence-corrected chi connectivity index (χ4v) is 3.02. The van der Waals surface area contributed by atoms with Crippen LogP contribution in [0.25, 0.3) is 0 Å². The van der Waals surface area contributed by atoms with Gasteiger partial charge in [-0.05, 0) is 50.1 Å². The van der Waals surface area contributed by atoms with Gasteiger partial charge < -0.3 is 9.80 Å². The molecule has 2 aromatic rings. The van der Waals surface area contributed by atoms with Gasteiger partial charge in [-0.3, -0.25) is 4.79 Å². The van der Waals surface area contributed by atoms with Crippen LogP contribution >= 0.6 is 0 Å². The molecule has 1 fully saturated rings. The first kappa shape index (κ1) is 14.6. The maximum atomic E-state index is 12.9. The van der Waals surface area contributed by atoms with Gasteiger partial charge in [-0.25, -0.2) is 0 Å². The molecule has 0 saturated carbocycles. The fourth-order valence-electron chi connectivity index (χ4n) is 3.02. The van der Waals surface area contributed by atoms with E-state index in [1.807, 2.05) is 60.4 Å². The van der Waals surface area contributed by atoms with E-state index in [1.54, 1.807) is 0 Å². The van der Waals surface area contributed by atoms with E-state index in [0.29, 0.717) is 6.54 Å². The minimum absolute atomic E-state index is 0.0646. The number of benzene rings is 2. The third-order valence-corrected chi connectivity index (χ3v) is 4.19. The van der Waals surface area contributed by atoms with Gasteiger partial charge in [0.15, 0.2) is 0 Å². The van der Waals surface area contributed by atoms with E-state index in [1.165, 1.54) is 12.8 Å². The molecule has 3 rings (SSSR count). The molecule has 1 saturated heterocycles. The summed E-state index contributed by atoms with van der Waals surface area (Å²) in [5, 5.41) is 0. The maximum absolute atomic E-state index is 12.9. The number of para-hydroxylation sites is 1. The molecule has 0 bridgehead atoms. The molecule has 1 heterocycles. The molecule has 0 aliphatic carbocycles. The van der Waals surface area contributed by atoms with Crippen molar-refractivity contribution in [2.24, 2.45) is 0 Å². The Morgan fingerprint density at radius 2 is 1.77 bits per heavy atom. The van der Waals surface area contributed by atoms with Crippen molar-refractivity contribution in [2.75, 3.05) is 29.4 Å². The highest BCUT2D eigenvalue weighted by molar-refractivity contribution is 6.06. The highest BCUT2D eigenvalue weighted by Gasteiger charge is 2.18. The Kier molecular flexibility index (Phi) is 4.42. The number of hydrogen-bond donors (Lipinski definition) is 0. The predicted octanol–water partition coefficient (Wildman–Crippen LogP) is 3.95. The Balaban J connectivity index is 1.86. The summed E-state index contributed by atoms with van der Waals surface area (Å²) >= 11 is 0. The molecule has 0 aromatic heterocycles. The van der Waals surface area contributed by atoms with E-state index >= 15 is 0 Å². The number of nitrogens with zero attached hydrogens (tertiary/aromatic N) is 2. The van der Waals surface area contributed by atoms with E-state index < -0.39 is 0 Å². The Morgan fingerprint density at radius 3 is 2.45 bits per heavy atom. The van der Waals surface area contributed by atoms with Crippen molar-refractivity contribution in [3.05, 3.63) is 60.2 Å². The SMILES string of the molecule is CCN(C(=O)c1cccc(N2CCCC2)c1)c1ccccc1. The third kappa shape index (κ3) is 2.98. The Labute approximate surface area is 132 Å². The zero-order valence-electron chi connectivity index (χ0n) is 13.0. The molecule has 0 spiro atoms. The van der Waals surface area contributed by atoms with Crippen molar-refractivity contribution in [1.29, 1.82) is 0 Å². The summed E-state index contributed by atoms with van der Waals surface area (Å²) in [7, 11) is 0. The highest BCUT2D eigenvalue weighted by Crippen LogP contribution is 2.23. The fraction of sp³-hybridized carbons (Fsp3) is 0.316. The molecule has 0 radical (unpaired) electrons. The van der Waals surface area contributed by atoms with Crippen LogP contribution in [0.5, 0.6) is 0 Å². The number of carbonyl (C=O) groups is 1. The first-order valence-corrected chi connectivity index (χ1v) is 8.01. The Morgan fingerprint density at radius 1 is 1.05 bits per heavy atom. The number of anilines is 2. The summed E-state index contributed by atoms with van der Waals surface area (Å²) < 4.78 is 0. The van der Waals surface area contributed by atoms with E-state index in [2.05, 4.69) is 11.0 Å². The summed E-state index contributed by atoms with van der Waals surface area (Å²) in [6.07, 6.45) is 2.48. The molecule has 1 amide bonds. The lowest BCUT2D eigenvalue weighted by atomic mass is 10.1. The van der Waals surface area contributed by atoms with E-state index in [9.17, 15) is 4.79 Å². The number of amides is 1. The summed E-state index contributed by atoms with van der Waals surface area (Å²) in [5.41, 5.74) is 2.86. The topological polar surface area (TPSA) is 23.6 Å². The molecular weight excluding hydrogens is 272 g/mol. The second-order valence-corrected chi connectivity index (χ2v) is 5.63. The zero-order chi connectivity index (χ0) is 15.4. The molecular formula is C19H22N2O. The molecule has 0 atom stereocenters. The lowest BCUT2D eigenvalue weighted by Crippen LogP contribution is -2.30. The second-order valence-electron chi connectivity index (χ2n) is 5.63. The molecule has 0 unspecified atom stereocenters. The largest absolute Gasteiger partial charge is 0.372 e. The smallest absolute Gasteiger partial charge is 0.258 e. The van der Waals surface area contributed by atoms with Crippen molar-refractivity contribution < 1.29 is 4.79 Å². The minimum atomic E-state index is 0.0646. The summed E-state index contributed by atoms with van der Waals surface area (Å²) in [6, 6.07) is 17.9. The zero-order valence-corrected chi connectivity index (χ0v) is 13.0. The van der Waals surface area contributed by atoms with Crippen molar-refractivity contribution in [3.8, 4) is 0 Å². The van der Waals surface area contributed by atoms with Crippen molar-refractivity contribution in [1.82, 2.24) is 0 Å². The lowest BCUT2D eigenvalue weighted by molar-refractivity contribution is 0.0988. The summed E-state index contributed by atoms with van der Waals surface area (Å²) in [5.74, 6) is 0.0646. The van der Waals surface area contributed by atoms with Crippen LogP contribution in [0.4, 0.5) is 11.4 Å². The quantitative estimate of drug-likeness (QED) is 0.852. The van der Waals surface area contributed by atoms with Gasteiger partial charge >= 0.3 is 0 Å². The van der Waals surface area contributed by atoms with E-state index in [0.717, 1.165) is 30.0 Å². The van der Waals surface area contributed by atoms with Crippen LogP contribution in [0.2, 0.25) is 0 Å². The van der Waals surface area contributed by atoms with Gasteiger partial charge in [0.2, 0.25) is 0 Å². The van der Waals surface area contributed by atoms with E-state index in [-0.39, 0.29) is 5.91 Å². The van der Waals surface area contributed by atoms with Gasteiger partial charge in [-0.2, -0.15) is 0 Å². The molecule has 114 valence electrons. The average Bonchev–Trinajstić information content (AvgIpc) is 3.11. The van der Waals surface area contributed by atoms with Gasteiger partial charge in [-0.1, -0.05) is 24.3 Å². The summed E-state index contributed by atoms with van der Waals surface area (Å²) in [4.78, 5) is 17.0. The van der Waals surface area contributed by atoms with Crippen molar-refractivity contribution >= 4 is 17.3 Å². The molecule has 3 heteroatoms. The molecule has 1 aliphatic heterocycles. The van der Waals surface area contributed by atoms with Crippen LogP contribution in [0.3, 0.4) is 0 Å². The predicted molar refractivity (Wildman–Crippen MR) is 91.7 cm³/mol. The third-order valence-electron chi connectivity index (χ3n) is 4.19. The van der Waals surface area contributed by atoms with Crippen LogP contribution in [0, 0.1) is 0 Å². The highest BCUT2D eigenvalue weighted by atomic mass is 16.2. The van der Waals surface area contributed by atoms with Crippen LogP contribution in [-0.2, 0) is 0 Å². The Bertz CT molecular complexity index is 633. The molecule has 1 aliphatic rings. The average molecular weight is 294 g/mol. The monoisotopic (exact) mass is 294 g/mol. The number of carbonyl (C=O) groups excluding carboxylic acids is 1. The van der Waals surface area contributed by atoms with Gasteiger partial charge in [0, 0.05) is 36.6 Å². The maximum Gasteiger partial charge on any atom is 0.258 e. The van der Waals surface area contributed by atoms with Gasteiger partial charge in [0.25, 0.3) is 5.91 Å². The van der Waals surface area contributed by atoms with Crippen molar-refractivity contribution in [2.45, 2.75) is 19.8 Å². The first-order valence-electron chi connectivity index (χ1n) is 8.01. The second kappa shape index (κ2) is 6.65. The van der Waals surface area contributed by atoms with Gasteiger partial charge in [0.05, 0.1) is 0 Å². The number of hydrogen-bond acceptors (Lipinski definition) is 2. The minimum Gasteiger partial charge on any atom is -0.372 e. The van der Waals surface area contributed by atoms with Crippen LogP contribution in [0.1, 0.15) is 30.1 Å². The summed E-state index contributed by atoms with van der Waals surface area (Å²) in [6.45, 7) is 4.85. The molecule has 2 aromatic carbocycles. The van der Waals surface area contributed by atoms with E-state index in [4.69, 9.17) is 0 Å². The van der Waals surface area contributed by atoms with Crippen LogP contribution < -0.4 is 9.80 Å². The molecule has 0 N–H and O–H groups in total. The molecule has 3 nitrogen and oxygen atoms in total.